The van der Waals surface area contributed by atoms with Gasteiger partial charge in [0.1, 0.15) is 0 Å². The number of rotatable bonds is 6. The van der Waals surface area contributed by atoms with E-state index in [1.165, 1.54) is 0 Å². The van der Waals surface area contributed by atoms with Crippen molar-refractivity contribution in [3.05, 3.63) is 0 Å². The first-order valence-corrected chi connectivity index (χ1v) is 7.72. The van der Waals surface area contributed by atoms with Crippen LogP contribution in [0.3, 0.4) is 0 Å². The molecule has 102 valence electrons. The largest absolute Gasteiger partial charge is 0.446 e. The molecule has 0 fully saturated rings. The molecule has 0 saturated carbocycles. The average Bonchev–Trinajstić information content (AvgIpc) is 2.13. The minimum Gasteiger partial charge on any atom is -0.446 e. The Labute approximate surface area is 111 Å². The predicted molar refractivity (Wildman–Crippen MR) is 69.3 cm³/mol. The lowest BCUT2D eigenvalue weighted by atomic mass is 9.98. The van der Waals surface area contributed by atoms with Crippen molar-refractivity contribution in [3.8, 4) is 0 Å². The van der Waals surface area contributed by atoms with Crippen LogP contribution in [0.15, 0.2) is 0 Å². The van der Waals surface area contributed by atoms with E-state index >= 15 is 0 Å². The molecule has 0 aromatic rings. The highest BCUT2D eigenvalue weighted by Gasteiger charge is 2.21. The second-order valence-electron chi connectivity index (χ2n) is 4.68. The molecule has 0 aromatic heterocycles. The Morgan fingerprint density at radius 3 is 2.35 bits per heavy atom. The maximum atomic E-state index is 11.4. The molecular weight excluding hydrogens is 312 g/mol. The molecule has 17 heavy (non-hydrogen) atoms. The summed E-state index contributed by atoms with van der Waals surface area (Å²) >= 11 is 3.28. The van der Waals surface area contributed by atoms with E-state index in [-0.39, 0.29) is 18.1 Å². The van der Waals surface area contributed by atoms with Gasteiger partial charge in [0.15, 0.2) is 0 Å². The van der Waals surface area contributed by atoms with Gasteiger partial charge in [-0.25, -0.2) is 9.52 Å². The first-order valence-electron chi connectivity index (χ1n) is 5.12. The number of hydrogen-bond acceptors (Lipinski definition) is 4. The molecule has 0 saturated heterocycles. The van der Waals surface area contributed by atoms with Gasteiger partial charge in [-0.3, -0.25) is 0 Å². The summed E-state index contributed by atoms with van der Waals surface area (Å²) in [6.07, 6.45) is -1.35. The summed E-state index contributed by atoms with van der Waals surface area (Å²) in [6.45, 7) is 7.25. The van der Waals surface area contributed by atoms with Gasteiger partial charge in [0, 0.05) is 11.9 Å². The van der Waals surface area contributed by atoms with E-state index in [1.54, 1.807) is 18.6 Å². The van der Waals surface area contributed by atoms with Gasteiger partial charge in [0.25, 0.3) is 0 Å². The van der Waals surface area contributed by atoms with Gasteiger partial charge in [0.05, 0.1) is 6.10 Å². The number of carbonyl (C=O) groups excluding carboxylic acids is 1. The van der Waals surface area contributed by atoms with E-state index in [2.05, 4.69) is 25.4 Å². The molecule has 6 nitrogen and oxygen atoms in total. The third-order valence-electron chi connectivity index (χ3n) is 1.66. The molecule has 0 aliphatic heterocycles. The number of amides is 1. The van der Waals surface area contributed by atoms with Crippen LogP contribution in [-0.2, 0) is 14.9 Å². The summed E-state index contributed by atoms with van der Waals surface area (Å²) in [5.74, 6) is 0. The number of ether oxygens (including phenoxy) is 1. The maximum absolute atomic E-state index is 11.4. The first kappa shape index (κ1) is 16.7. The van der Waals surface area contributed by atoms with Gasteiger partial charge in [0.2, 0.25) is 0 Å². The monoisotopic (exact) mass is 330 g/mol. The van der Waals surface area contributed by atoms with Crippen LogP contribution >= 0.6 is 15.9 Å². The summed E-state index contributed by atoms with van der Waals surface area (Å²) < 4.78 is 31.6. The quantitative estimate of drug-likeness (QED) is 0.720. The fourth-order valence-electron chi connectivity index (χ4n) is 0.722. The smallest absolute Gasteiger partial charge is 0.422 e. The molecule has 0 bridgehead atoms. The van der Waals surface area contributed by atoms with Crippen molar-refractivity contribution in [2.75, 3.05) is 11.9 Å². The zero-order valence-electron chi connectivity index (χ0n) is 10.4. The zero-order valence-corrected chi connectivity index (χ0v) is 12.8. The van der Waals surface area contributed by atoms with Gasteiger partial charge < -0.3 is 4.74 Å². The molecule has 0 atom stereocenters. The molecule has 0 heterocycles. The van der Waals surface area contributed by atoms with Gasteiger partial charge in [-0.15, -0.1) is 0 Å². The Morgan fingerprint density at radius 2 is 1.94 bits per heavy atom. The third kappa shape index (κ3) is 8.39. The van der Waals surface area contributed by atoms with Crippen LogP contribution < -0.4 is 9.44 Å². The topological polar surface area (TPSA) is 84.5 Å². The average molecular weight is 331 g/mol. The number of nitrogens with one attached hydrogen (secondary N) is 2. The minimum atomic E-state index is -3.87. The maximum Gasteiger partial charge on any atom is 0.422 e. The number of hydrogen-bond donors (Lipinski definition) is 2. The van der Waals surface area contributed by atoms with E-state index in [0.29, 0.717) is 5.33 Å². The van der Waals surface area contributed by atoms with E-state index in [0.717, 1.165) is 0 Å². The molecule has 0 rings (SSSR count). The van der Waals surface area contributed by atoms with Crippen LogP contribution in [0.4, 0.5) is 4.79 Å². The lowest BCUT2D eigenvalue weighted by molar-refractivity contribution is 0.121. The summed E-state index contributed by atoms with van der Waals surface area (Å²) in [4.78, 5) is 11.1. The van der Waals surface area contributed by atoms with Crippen molar-refractivity contribution in [1.82, 2.24) is 9.44 Å². The molecule has 0 unspecified atom stereocenters. The second kappa shape index (κ2) is 6.55. The fourth-order valence-corrected chi connectivity index (χ4v) is 1.84. The van der Waals surface area contributed by atoms with Gasteiger partial charge in [-0.05, 0) is 19.3 Å². The van der Waals surface area contributed by atoms with Crippen LogP contribution in [0.25, 0.3) is 0 Å². The third-order valence-corrected chi connectivity index (χ3v) is 4.14. The van der Waals surface area contributed by atoms with Crippen LogP contribution in [0.5, 0.6) is 0 Å². The summed E-state index contributed by atoms with van der Waals surface area (Å²) in [6, 6.07) is 0. The lowest BCUT2D eigenvalue weighted by Crippen LogP contribution is -2.44. The summed E-state index contributed by atoms with van der Waals surface area (Å²) in [7, 11) is -3.87. The Bertz CT molecular complexity index is 354. The van der Waals surface area contributed by atoms with Crippen molar-refractivity contribution in [2.24, 2.45) is 5.41 Å². The highest BCUT2D eigenvalue weighted by atomic mass is 79.9. The molecule has 0 aliphatic carbocycles. The van der Waals surface area contributed by atoms with Crippen LogP contribution in [0.1, 0.15) is 27.7 Å². The highest BCUT2D eigenvalue weighted by molar-refractivity contribution is 9.09. The standard InChI is InChI=1S/C9H19BrN2O4S/c1-7(2)16-8(13)12-17(14,15)11-6-9(3,4)5-10/h7,11H,5-6H2,1-4H3,(H,12,13). The summed E-state index contributed by atoms with van der Waals surface area (Å²) in [5, 5.41) is 0.638. The molecule has 0 radical (unpaired) electrons. The van der Waals surface area contributed by atoms with Crippen molar-refractivity contribution < 1.29 is 17.9 Å². The molecule has 2 N–H and O–H groups in total. The Kier molecular flexibility index (Phi) is 6.42. The van der Waals surface area contributed by atoms with Gasteiger partial charge in [-0.1, -0.05) is 29.8 Å². The van der Waals surface area contributed by atoms with Gasteiger partial charge in [-0.2, -0.15) is 13.1 Å². The Morgan fingerprint density at radius 1 is 1.41 bits per heavy atom. The van der Waals surface area contributed by atoms with Crippen molar-refractivity contribution >= 4 is 32.2 Å². The minimum absolute atomic E-state index is 0.211. The van der Waals surface area contributed by atoms with Crippen LogP contribution in [-0.4, -0.2) is 32.5 Å². The Hall–Kier alpha value is -0.340. The van der Waals surface area contributed by atoms with Crippen molar-refractivity contribution in [1.29, 1.82) is 0 Å². The fraction of sp³-hybridized carbons (Fsp3) is 0.889. The van der Waals surface area contributed by atoms with Crippen molar-refractivity contribution in [3.63, 3.8) is 0 Å². The molecule has 8 heteroatoms. The number of alkyl halides is 1. The molecule has 0 aromatic carbocycles. The van der Waals surface area contributed by atoms with E-state index in [9.17, 15) is 13.2 Å². The van der Waals surface area contributed by atoms with E-state index in [1.807, 2.05) is 13.8 Å². The van der Waals surface area contributed by atoms with Crippen molar-refractivity contribution in [2.45, 2.75) is 33.8 Å². The lowest BCUT2D eigenvalue weighted by Gasteiger charge is -2.21. The number of halogens is 1. The Balaban J connectivity index is 4.27. The molecule has 0 spiro atoms. The first-order chi connectivity index (χ1) is 7.58. The molecular formula is C9H19BrN2O4S. The highest BCUT2D eigenvalue weighted by Crippen LogP contribution is 2.16. The van der Waals surface area contributed by atoms with E-state index in [4.69, 9.17) is 0 Å². The number of carbonyl (C=O) groups is 1. The summed E-state index contributed by atoms with van der Waals surface area (Å²) in [5.41, 5.74) is -0.239. The predicted octanol–water partition coefficient (Wildman–Crippen LogP) is 1.38. The van der Waals surface area contributed by atoms with Crippen LogP contribution in [0.2, 0.25) is 0 Å². The second-order valence-corrected chi connectivity index (χ2v) is 6.74. The molecule has 0 aliphatic rings. The van der Waals surface area contributed by atoms with Gasteiger partial charge >= 0.3 is 16.3 Å². The van der Waals surface area contributed by atoms with Crippen LogP contribution in [0, 0.1) is 5.41 Å². The SMILES string of the molecule is CC(C)OC(=O)NS(=O)(=O)NCC(C)(C)CBr. The normalized spacial score (nSPS) is 12.6. The molecule has 1 amide bonds. The zero-order chi connectivity index (χ0) is 13.7. The van der Waals surface area contributed by atoms with E-state index < -0.39 is 16.3 Å².